The molecule has 1 amide bonds. The van der Waals surface area contributed by atoms with E-state index in [-0.39, 0.29) is 0 Å². The lowest BCUT2D eigenvalue weighted by molar-refractivity contribution is 0.100. The highest BCUT2D eigenvalue weighted by Crippen LogP contribution is 2.36. The van der Waals surface area contributed by atoms with E-state index in [1.165, 1.54) is 0 Å². The van der Waals surface area contributed by atoms with E-state index >= 15 is 0 Å². The fraction of sp³-hybridized carbons (Fsp3) is 0.0357. The summed E-state index contributed by atoms with van der Waals surface area (Å²) in [6, 6.07) is 17.6. The second kappa shape index (κ2) is 8.59. The molecule has 8 heteroatoms. The molecule has 2 aromatic carbocycles. The minimum atomic E-state index is -0.556. The lowest BCUT2D eigenvalue weighted by atomic mass is 10.0. The summed E-state index contributed by atoms with van der Waals surface area (Å²) in [7, 11) is 2.02. The van der Waals surface area contributed by atoms with Crippen molar-refractivity contribution in [3.63, 3.8) is 0 Å². The zero-order valence-corrected chi connectivity index (χ0v) is 19.4. The van der Waals surface area contributed by atoms with Gasteiger partial charge in [0.05, 0.1) is 28.0 Å². The number of pyridine rings is 2. The third-order valence-corrected chi connectivity index (χ3v) is 6.19. The number of amides is 1. The van der Waals surface area contributed by atoms with Crippen molar-refractivity contribution in [2.45, 2.75) is 0 Å². The van der Waals surface area contributed by atoms with Crippen molar-refractivity contribution in [2.24, 2.45) is 12.8 Å². The maximum Gasteiger partial charge on any atom is 0.250 e. The molecule has 0 atom stereocenters. The second-order valence-electron chi connectivity index (χ2n) is 8.46. The number of nitrogens with two attached hydrogens (primary N) is 1. The number of benzene rings is 2. The largest absolute Gasteiger partial charge is 0.366 e. The number of rotatable bonds is 5. The summed E-state index contributed by atoms with van der Waals surface area (Å²) in [6.45, 7) is 0. The van der Waals surface area contributed by atoms with Crippen LogP contribution in [0.4, 0.5) is 11.4 Å². The summed E-state index contributed by atoms with van der Waals surface area (Å²) in [5.41, 5.74) is 13.2. The first-order chi connectivity index (χ1) is 17.6. The predicted molar refractivity (Wildman–Crippen MR) is 141 cm³/mol. The fourth-order valence-electron chi connectivity index (χ4n) is 4.46. The van der Waals surface area contributed by atoms with Gasteiger partial charge in [0.15, 0.2) is 0 Å². The smallest absolute Gasteiger partial charge is 0.250 e. The molecule has 0 aliphatic heterocycles. The van der Waals surface area contributed by atoms with Gasteiger partial charge in [-0.05, 0) is 53.4 Å². The van der Waals surface area contributed by atoms with E-state index in [0.29, 0.717) is 16.9 Å². The lowest BCUT2D eigenvalue weighted by Crippen LogP contribution is -2.14. The standard InChI is InChI=1S/C28H21N7O/c1-35-12-7-17-4-5-18(13-24(17)35)22-14-20(15-23-26(22)33-11-10-31-23)34-27-21(28(29)36)6-9-32-25(27)19-3-2-8-30-16-19/h2-16,34H,1H3,(H2,29,36). The van der Waals surface area contributed by atoms with Crippen LogP contribution in [0.2, 0.25) is 0 Å². The minimum absolute atomic E-state index is 0.329. The second-order valence-corrected chi connectivity index (χ2v) is 8.46. The number of aromatic nitrogens is 5. The first-order valence-electron chi connectivity index (χ1n) is 11.3. The van der Waals surface area contributed by atoms with Gasteiger partial charge in [-0.2, -0.15) is 0 Å². The number of fused-ring (bicyclic) bond motifs is 2. The topological polar surface area (TPSA) is 112 Å². The number of hydrogen-bond acceptors (Lipinski definition) is 6. The zero-order chi connectivity index (χ0) is 24.6. The molecule has 3 N–H and O–H groups in total. The van der Waals surface area contributed by atoms with Crippen LogP contribution in [-0.2, 0) is 7.05 Å². The molecular formula is C28H21N7O. The summed E-state index contributed by atoms with van der Waals surface area (Å²) >= 11 is 0. The zero-order valence-electron chi connectivity index (χ0n) is 19.4. The molecule has 0 saturated carbocycles. The number of primary amides is 1. The highest BCUT2D eigenvalue weighted by Gasteiger charge is 2.17. The number of nitrogens with zero attached hydrogens (tertiary/aromatic N) is 5. The molecule has 0 fully saturated rings. The van der Waals surface area contributed by atoms with Crippen LogP contribution < -0.4 is 11.1 Å². The molecule has 0 spiro atoms. The Morgan fingerprint density at radius 1 is 0.917 bits per heavy atom. The number of carbonyl (C=O) groups is 1. The van der Waals surface area contributed by atoms with Gasteiger partial charge in [0, 0.05) is 66.6 Å². The molecule has 6 aromatic rings. The van der Waals surface area contributed by atoms with E-state index in [1.807, 2.05) is 37.5 Å². The van der Waals surface area contributed by atoms with Gasteiger partial charge in [-0.3, -0.25) is 24.7 Å². The van der Waals surface area contributed by atoms with Crippen LogP contribution in [0.5, 0.6) is 0 Å². The predicted octanol–water partition coefficient (Wildman–Crippen LogP) is 5.09. The first kappa shape index (κ1) is 21.4. The number of anilines is 2. The van der Waals surface area contributed by atoms with Gasteiger partial charge in [-0.15, -0.1) is 0 Å². The average Bonchev–Trinajstić information content (AvgIpc) is 3.28. The molecule has 4 heterocycles. The Kier molecular flexibility index (Phi) is 5.11. The molecular weight excluding hydrogens is 450 g/mol. The summed E-state index contributed by atoms with van der Waals surface area (Å²) in [4.78, 5) is 30.2. The van der Waals surface area contributed by atoms with Crippen LogP contribution in [0, 0.1) is 0 Å². The van der Waals surface area contributed by atoms with Crippen LogP contribution in [0.1, 0.15) is 10.4 Å². The van der Waals surface area contributed by atoms with E-state index in [1.54, 1.807) is 37.1 Å². The average molecular weight is 472 g/mol. The maximum atomic E-state index is 12.3. The van der Waals surface area contributed by atoms with Crippen LogP contribution in [0.25, 0.3) is 44.3 Å². The highest BCUT2D eigenvalue weighted by molar-refractivity contribution is 6.03. The molecule has 0 aliphatic rings. The van der Waals surface area contributed by atoms with Crippen molar-refractivity contribution >= 4 is 39.2 Å². The molecule has 8 nitrogen and oxygen atoms in total. The van der Waals surface area contributed by atoms with Crippen LogP contribution >= 0.6 is 0 Å². The summed E-state index contributed by atoms with van der Waals surface area (Å²) in [5, 5.41) is 4.56. The number of aryl methyl sites for hydroxylation is 1. The monoisotopic (exact) mass is 471 g/mol. The van der Waals surface area contributed by atoms with Gasteiger partial charge in [-0.1, -0.05) is 12.1 Å². The number of hydrogen-bond donors (Lipinski definition) is 2. The Morgan fingerprint density at radius 2 is 1.81 bits per heavy atom. The fourth-order valence-corrected chi connectivity index (χ4v) is 4.46. The van der Waals surface area contributed by atoms with Crippen molar-refractivity contribution in [3.05, 3.63) is 97.3 Å². The normalized spacial score (nSPS) is 11.1. The molecule has 4 aromatic heterocycles. The van der Waals surface area contributed by atoms with Crippen molar-refractivity contribution in [1.82, 2.24) is 24.5 Å². The van der Waals surface area contributed by atoms with E-state index in [0.717, 1.165) is 44.3 Å². The first-order valence-corrected chi connectivity index (χ1v) is 11.3. The molecule has 174 valence electrons. The van der Waals surface area contributed by atoms with Gasteiger partial charge < -0.3 is 15.6 Å². The Hall–Kier alpha value is -5.11. The molecule has 0 aliphatic carbocycles. The van der Waals surface area contributed by atoms with Gasteiger partial charge >= 0.3 is 0 Å². The van der Waals surface area contributed by atoms with Crippen LogP contribution in [0.3, 0.4) is 0 Å². The third kappa shape index (κ3) is 3.70. The summed E-state index contributed by atoms with van der Waals surface area (Å²) in [5.74, 6) is -0.556. The molecule has 36 heavy (non-hydrogen) atoms. The van der Waals surface area contributed by atoms with Crippen molar-refractivity contribution < 1.29 is 4.79 Å². The Morgan fingerprint density at radius 3 is 2.64 bits per heavy atom. The summed E-state index contributed by atoms with van der Waals surface area (Å²) in [6.07, 6.45) is 10.3. The molecule has 0 bridgehead atoms. The lowest BCUT2D eigenvalue weighted by Gasteiger charge is -2.16. The minimum Gasteiger partial charge on any atom is -0.366 e. The quantitative estimate of drug-likeness (QED) is 0.362. The number of nitrogens with one attached hydrogen (secondary N) is 1. The molecule has 0 radical (unpaired) electrons. The van der Waals surface area contributed by atoms with Crippen molar-refractivity contribution in [2.75, 3.05) is 5.32 Å². The van der Waals surface area contributed by atoms with Crippen molar-refractivity contribution in [3.8, 4) is 22.4 Å². The summed E-state index contributed by atoms with van der Waals surface area (Å²) < 4.78 is 2.09. The van der Waals surface area contributed by atoms with E-state index in [9.17, 15) is 4.79 Å². The molecule has 6 rings (SSSR count). The van der Waals surface area contributed by atoms with Crippen molar-refractivity contribution in [1.29, 1.82) is 0 Å². The van der Waals surface area contributed by atoms with E-state index in [4.69, 9.17) is 5.73 Å². The van der Waals surface area contributed by atoms with Gasteiger partial charge in [0.1, 0.15) is 0 Å². The SMILES string of the molecule is Cn1ccc2ccc(-c3cc(Nc4c(C(N)=O)ccnc4-c4cccnc4)cc4nccnc34)cc21. The van der Waals surface area contributed by atoms with Gasteiger partial charge in [-0.25, -0.2) is 0 Å². The number of carbonyl (C=O) groups excluding carboxylic acids is 1. The molecule has 0 saturated heterocycles. The Balaban J connectivity index is 1.54. The Bertz CT molecular complexity index is 1760. The van der Waals surface area contributed by atoms with E-state index in [2.05, 4.69) is 54.1 Å². The van der Waals surface area contributed by atoms with Gasteiger partial charge in [0.25, 0.3) is 5.91 Å². The highest BCUT2D eigenvalue weighted by atomic mass is 16.1. The maximum absolute atomic E-state index is 12.3. The molecule has 0 unspecified atom stereocenters. The van der Waals surface area contributed by atoms with Crippen LogP contribution in [0.15, 0.2) is 91.8 Å². The van der Waals surface area contributed by atoms with Crippen LogP contribution in [-0.4, -0.2) is 30.4 Å². The Labute approximate surface area is 206 Å². The van der Waals surface area contributed by atoms with E-state index < -0.39 is 5.91 Å². The van der Waals surface area contributed by atoms with Gasteiger partial charge in [0.2, 0.25) is 0 Å². The third-order valence-electron chi connectivity index (χ3n) is 6.19.